The Morgan fingerprint density at radius 3 is 2.73 bits per heavy atom. The Balaban J connectivity index is 1.75. The number of imidazole rings is 1. The topological polar surface area (TPSA) is 70.7 Å². The number of hydrogen-bond donors (Lipinski definition) is 2. The van der Waals surface area contributed by atoms with Crippen molar-refractivity contribution in [1.82, 2.24) is 20.3 Å². The zero-order chi connectivity index (χ0) is 23.8. The summed E-state index contributed by atoms with van der Waals surface area (Å²) in [5, 5.41) is 3.70. The number of unbranched alkanes of at least 4 members (excludes halogenated alkanes) is 3. The molecule has 3 rings (SSSR count). The van der Waals surface area contributed by atoms with Gasteiger partial charge in [0.05, 0.1) is 15.6 Å². The second kappa shape index (κ2) is 12.1. The van der Waals surface area contributed by atoms with Gasteiger partial charge in [-0.15, -0.1) is 0 Å². The number of aromatic nitrogens is 3. The SMILES string of the molecule is CCCCC/C=C(\C=C(/C)Cl)CCNC(=O)c1c(Br)cnc2nc(-c3ccc(F)cc3)[nH]c12. The van der Waals surface area contributed by atoms with E-state index in [1.807, 2.05) is 13.0 Å². The number of nitrogens with one attached hydrogen (secondary N) is 2. The van der Waals surface area contributed by atoms with Crippen LogP contribution in [0.2, 0.25) is 0 Å². The van der Waals surface area contributed by atoms with Crippen molar-refractivity contribution in [3.63, 3.8) is 0 Å². The number of pyridine rings is 1. The minimum Gasteiger partial charge on any atom is -0.352 e. The molecule has 0 fully saturated rings. The molecule has 0 bridgehead atoms. The highest BCUT2D eigenvalue weighted by atomic mass is 79.9. The summed E-state index contributed by atoms with van der Waals surface area (Å²) in [4.78, 5) is 25.0. The van der Waals surface area contributed by atoms with Crippen LogP contribution in [0.4, 0.5) is 4.39 Å². The molecule has 2 aromatic heterocycles. The quantitative estimate of drug-likeness (QED) is 0.212. The first-order valence-corrected chi connectivity index (χ1v) is 12.2. The molecule has 2 heterocycles. The standard InChI is InChI=1S/C25H27BrClFN4O/c1-3-4-5-6-7-17(14-16(2)27)12-13-29-25(33)21-20(26)15-30-24-22(21)31-23(32-24)18-8-10-19(28)11-9-18/h7-11,14-15H,3-6,12-13H2,1-2H3,(H,29,33)(H,30,31,32)/b16-14+,17-7-. The van der Waals surface area contributed by atoms with E-state index in [9.17, 15) is 9.18 Å². The van der Waals surface area contributed by atoms with Gasteiger partial charge in [-0.2, -0.15) is 0 Å². The highest BCUT2D eigenvalue weighted by Crippen LogP contribution is 2.26. The molecule has 0 radical (unpaired) electrons. The summed E-state index contributed by atoms with van der Waals surface area (Å²) < 4.78 is 13.8. The zero-order valence-corrected chi connectivity index (χ0v) is 21.1. The molecule has 3 aromatic rings. The fraction of sp³-hybridized carbons (Fsp3) is 0.320. The molecule has 8 heteroatoms. The van der Waals surface area contributed by atoms with E-state index in [0.717, 1.165) is 18.4 Å². The van der Waals surface area contributed by atoms with Crippen LogP contribution in [0.3, 0.4) is 0 Å². The minimum absolute atomic E-state index is 0.236. The van der Waals surface area contributed by atoms with Gasteiger partial charge in [-0.25, -0.2) is 14.4 Å². The van der Waals surface area contributed by atoms with Crippen LogP contribution in [0.1, 0.15) is 56.3 Å². The summed E-state index contributed by atoms with van der Waals surface area (Å²) in [6, 6.07) is 5.98. The number of carbonyl (C=O) groups is 1. The third-order valence-electron chi connectivity index (χ3n) is 5.12. The summed E-state index contributed by atoms with van der Waals surface area (Å²) in [6.07, 6.45) is 10.9. The van der Waals surface area contributed by atoms with E-state index >= 15 is 0 Å². The zero-order valence-electron chi connectivity index (χ0n) is 18.7. The Bertz CT molecular complexity index is 1170. The fourth-order valence-corrected chi connectivity index (χ4v) is 4.10. The Morgan fingerprint density at radius 2 is 2.03 bits per heavy atom. The van der Waals surface area contributed by atoms with Crippen LogP contribution in [0.25, 0.3) is 22.6 Å². The number of nitrogens with zero attached hydrogens (tertiary/aromatic N) is 2. The van der Waals surface area contributed by atoms with Crippen molar-refractivity contribution in [3.8, 4) is 11.4 Å². The van der Waals surface area contributed by atoms with Crippen molar-refractivity contribution >= 4 is 44.6 Å². The highest BCUT2D eigenvalue weighted by Gasteiger charge is 2.19. The molecular weight excluding hydrogens is 507 g/mol. The van der Waals surface area contributed by atoms with Gasteiger partial charge in [0.1, 0.15) is 11.6 Å². The third kappa shape index (κ3) is 6.98. The van der Waals surface area contributed by atoms with Crippen LogP contribution in [-0.2, 0) is 0 Å². The lowest BCUT2D eigenvalue weighted by molar-refractivity contribution is 0.0955. The van der Waals surface area contributed by atoms with Crippen LogP contribution in [-0.4, -0.2) is 27.4 Å². The smallest absolute Gasteiger partial charge is 0.254 e. The number of fused-ring (bicyclic) bond motifs is 1. The van der Waals surface area contributed by atoms with Gasteiger partial charge < -0.3 is 10.3 Å². The Hall–Kier alpha value is -2.51. The summed E-state index contributed by atoms with van der Waals surface area (Å²) >= 11 is 9.52. The largest absolute Gasteiger partial charge is 0.352 e. The number of halogens is 3. The number of amides is 1. The number of rotatable bonds is 10. The van der Waals surface area contributed by atoms with Crippen molar-refractivity contribution < 1.29 is 9.18 Å². The van der Waals surface area contributed by atoms with E-state index in [2.05, 4.69) is 49.2 Å². The van der Waals surface area contributed by atoms with Gasteiger partial charge in [0.15, 0.2) is 5.65 Å². The molecule has 0 unspecified atom stereocenters. The second-order valence-electron chi connectivity index (χ2n) is 7.78. The molecule has 1 aromatic carbocycles. The molecule has 0 saturated heterocycles. The molecule has 2 N–H and O–H groups in total. The first-order valence-electron chi connectivity index (χ1n) is 11.0. The molecule has 0 atom stereocenters. The van der Waals surface area contributed by atoms with Gasteiger partial charge in [-0.3, -0.25) is 4.79 Å². The van der Waals surface area contributed by atoms with Gasteiger partial charge >= 0.3 is 0 Å². The van der Waals surface area contributed by atoms with Crippen molar-refractivity contribution in [2.45, 2.75) is 46.0 Å². The van der Waals surface area contributed by atoms with Crippen molar-refractivity contribution in [3.05, 3.63) is 69.1 Å². The Labute approximate surface area is 206 Å². The number of hydrogen-bond acceptors (Lipinski definition) is 3. The number of allylic oxidation sites excluding steroid dienone is 3. The molecular formula is C25H27BrClFN4O. The molecule has 5 nitrogen and oxygen atoms in total. The summed E-state index contributed by atoms with van der Waals surface area (Å²) in [7, 11) is 0. The number of carbonyl (C=O) groups excluding carboxylic acids is 1. The van der Waals surface area contributed by atoms with Crippen LogP contribution >= 0.6 is 27.5 Å². The average Bonchev–Trinajstić information content (AvgIpc) is 3.20. The average molecular weight is 534 g/mol. The Kier molecular flexibility index (Phi) is 9.21. The van der Waals surface area contributed by atoms with E-state index in [-0.39, 0.29) is 11.7 Å². The number of aromatic amines is 1. The van der Waals surface area contributed by atoms with Gasteiger partial charge in [0, 0.05) is 23.3 Å². The monoisotopic (exact) mass is 532 g/mol. The Morgan fingerprint density at radius 1 is 1.27 bits per heavy atom. The van der Waals surface area contributed by atoms with Crippen molar-refractivity contribution in [2.24, 2.45) is 0 Å². The number of H-pyrrole nitrogens is 1. The van der Waals surface area contributed by atoms with Crippen LogP contribution in [0.15, 0.2) is 57.7 Å². The third-order valence-corrected chi connectivity index (χ3v) is 5.83. The van der Waals surface area contributed by atoms with E-state index in [1.165, 1.54) is 25.0 Å². The maximum Gasteiger partial charge on any atom is 0.254 e. The lowest BCUT2D eigenvalue weighted by Gasteiger charge is -2.09. The normalized spacial score (nSPS) is 12.4. The van der Waals surface area contributed by atoms with E-state index < -0.39 is 0 Å². The summed E-state index contributed by atoms with van der Waals surface area (Å²) in [5.41, 5.74) is 3.18. The van der Waals surface area contributed by atoms with Crippen LogP contribution in [0, 0.1) is 5.82 Å². The van der Waals surface area contributed by atoms with E-state index in [0.29, 0.717) is 50.6 Å². The predicted molar refractivity (Wildman–Crippen MR) is 136 cm³/mol. The van der Waals surface area contributed by atoms with Crippen molar-refractivity contribution in [1.29, 1.82) is 0 Å². The van der Waals surface area contributed by atoms with Gasteiger partial charge in [0.2, 0.25) is 0 Å². The van der Waals surface area contributed by atoms with Gasteiger partial charge in [-0.1, -0.05) is 37.4 Å². The first-order chi connectivity index (χ1) is 15.9. The lowest BCUT2D eigenvalue weighted by atomic mass is 10.1. The molecule has 0 aliphatic carbocycles. The van der Waals surface area contributed by atoms with Gasteiger partial charge in [-0.05, 0) is 78.0 Å². The molecule has 0 aliphatic rings. The lowest BCUT2D eigenvalue weighted by Crippen LogP contribution is -2.25. The predicted octanol–water partition coefficient (Wildman–Crippen LogP) is 7.30. The van der Waals surface area contributed by atoms with E-state index in [4.69, 9.17) is 11.6 Å². The maximum atomic E-state index is 13.3. The molecule has 174 valence electrons. The minimum atomic E-state index is -0.325. The maximum absolute atomic E-state index is 13.3. The van der Waals surface area contributed by atoms with Crippen LogP contribution < -0.4 is 5.32 Å². The highest BCUT2D eigenvalue weighted by molar-refractivity contribution is 9.10. The molecule has 0 saturated carbocycles. The molecule has 1 amide bonds. The van der Waals surface area contributed by atoms with Crippen molar-refractivity contribution in [2.75, 3.05) is 6.54 Å². The fourth-order valence-electron chi connectivity index (χ4n) is 3.48. The molecule has 0 spiro atoms. The summed E-state index contributed by atoms with van der Waals surface area (Å²) in [5.74, 6) is -0.0426. The van der Waals surface area contributed by atoms with Crippen LogP contribution in [0.5, 0.6) is 0 Å². The second-order valence-corrected chi connectivity index (χ2v) is 9.23. The molecule has 0 aliphatic heterocycles. The first kappa shape index (κ1) is 25.1. The van der Waals surface area contributed by atoms with E-state index in [1.54, 1.807) is 18.3 Å². The van der Waals surface area contributed by atoms with Gasteiger partial charge in [0.25, 0.3) is 5.91 Å². The number of benzene rings is 1. The summed E-state index contributed by atoms with van der Waals surface area (Å²) in [6.45, 7) is 4.50. The molecule has 33 heavy (non-hydrogen) atoms.